The Kier molecular flexibility index (Phi) is 2.41. The number of carbonyl (C=O) groups is 2. The number of benzene rings is 2. The average Bonchev–Trinajstić information content (AvgIpc) is 2.63. The summed E-state index contributed by atoms with van der Waals surface area (Å²) in [6.07, 6.45) is 0. The molecule has 0 fully saturated rings. The Hall–Kier alpha value is -2.56. The number of hydrogen-bond donors (Lipinski definition) is 0. The van der Waals surface area contributed by atoms with Crippen LogP contribution in [0.3, 0.4) is 0 Å². The van der Waals surface area contributed by atoms with Crippen LogP contribution in [0.5, 0.6) is 0 Å². The molecule has 3 nitrogen and oxygen atoms in total. The van der Waals surface area contributed by atoms with Crippen LogP contribution in [0, 0.1) is 11.6 Å². The third-order valence-electron chi connectivity index (χ3n) is 2.94. The fraction of sp³-hybridized carbons (Fsp3) is 0. The molecule has 0 spiro atoms. The minimum absolute atomic E-state index is 0.0479. The lowest BCUT2D eigenvalue weighted by molar-refractivity contribution is 0.0925. The van der Waals surface area contributed by atoms with Crippen LogP contribution in [0.1, 0.15) is 20.7 Å². The Morgan fingerprint density at radius 3 is 2.26 bits per heavy atom. The Balaban J connectivity index is 2.16. The molecule has 1 aliphatic rings. The molecule has 0 saturated heterocycles. The van der Waals surface area contributed by atoms with Gasteiger partial charge in [0.15, 0.2) is 0 Å². The number of hydrogen-bond acceptors (Lipinski definition) is 2. The van der Waals surface area contributed by atoms with Crippen LogP contribution < -0.4 is 4.90 Å². The van der Waals surface area contributed by atoms with Gasteiger partial charge in [-0.3, -0.25) is 9.59 Å². The van der Waals surface area contributed by atoms with Gasteiger partial charge in [0.05, 0.1) is 16.8 Å². The van der Waals surface area contributed by atoms with E-state index in [1.807, 2.05) is 0 Å². The molecule has 19 heavy (non-hydrogen) atoms. The highest BCUT2D eigenvalue weighted by Crippen LogP contribution is 2.30. The molecule has 2 aromatic rings. The molecular formula is C14H7F2NO2. The highest BCUT2D eigenvalue weighted by atomic mass is 19.1. The predicted molar refractivity (Wildman–Crippen MR) is 63.9 cm³/mol. The highest BCUT2D eigenvalue weighted by Gasteiger charge is 2.37. The molecule has 0 radical (unpaired) electrons. The molecule has 1 heterocycles. The first-order valence-corrected chi connectivity index (χ1v) is 5.52. The van der Waals surface area contributed by atoms with Crippen LogP contribution in [0.2, 0.25) is 0 Å². The van der Waals surface area contributed by atoms with Crippen molar-refractivity contribution in [3.8, 4) is 0 Å². The van der Waals surface area contributed by atoms with Crippen molar-refractivity contribution in [1.29, 1.82) is 0 Å². The molecule has 0 atom stereocenters. The molecule has 0 aliphatic carbocycles. The summed E-state index contributed by atoms with van der Waals surface area (Å²) in [7, 11) is 0. The van der Waals surface area contributed by atoms with Crippen LogP contribution in [-0.2, 0) is 0 Å². The number of fused-ring (bicyclic) bond motifs is 1. The summed E-state index contributed by atoms with van der Waals surface area (Å²) in [5.74, 6) is -2.66. The molecular weight excluding hydrogens is 252 g/mol. The maximum atomic E-state index is 13.7. The van der Waals surface area contributed by atoms with Crippen molar-refractivity contribution in [1.82, 2.24) is 0 Å². The zero-order valence-electron chi connectivity index (χ0n) is 9.56. The predicted octanol–water partition coefficient (Wildman–Crippen LogP) is 2.77. The third-order valence-corrected chi connectivity index (χ3v) is 2.94. The molecule has 2 aromatic carbocycles. The average molecular weight is 259 g/mol. The number of amides is 2. The fourth-order valence-corrected chi connectivity index (χ4v) is 2.06. The second kappa shape index (κ2) is 3.98. The lowest BCUT2D eigenvalue weighted by atomic mass is 10.1. The van der Waals surface area contributed by atoms with Gasteiger partial charge >= 0.3 is 0 Å². The van der Waals surface area contributed by atoms with Gasteiger partial charge in [-0.2, -0.15) is 0 Å². The number of imide groups is 1. The Morgan fingerprint density at radius 1 is 0.842 bits per heavy atom. The Bertz CT molecular complexity index is 712. The SMILES string of the molecule is O=C1c2ccc(F)cc2C(=O)N1c1ccccc1F. The van der Waals surface area contributed by atoms with E-state index in [2.05, 4.69) is 0 Å². The monoisotopic (exact) mass is 259 g/mol. The first-order valence-electron chi connectivity index (χ1n) is 5.52. The van der Waals surface area contributed by atoms with Crippen LogP contribution >= 0.6 is 0 Å². The van der Waals surface area contributed by atoms with E-state index in [1.54, 1.807) is 0 Å². The summed E-state index contributed by atoms with van der Waals surface area (Å²) < 4.78 is 26.8. The zero-order chi connectivity index (χ0) is 13.6. The maximum Gasteiger partial charge on any atom is 0.266 e. The van der Waals surface area contributed by atoms with E-state index in [1.165, 1.54) is 24.3 Å². The molecule has 1 aliphatic heterocycles. The number of carbonyl (C=O) groups excluding carboxylic acids is 2. The second-order valence-corrected chi connectivity index (χ2v) is 4.09. The van der Waals surface area contributed by atoms with Crippen molar-refractivity contribution >= 4 is 17.5 Å². The first kappa shape index (κ1) is 11.5. The first-order chi connectivity index (χ1) is 9.09. The summed E-state index contributed by atoms with van der Waals surface area (Å²) >= 11 is 0. The second-order valence-electron chi connectivity index (χ2n) is 4.09. The highest BCUT2D eigenvalue weighted by molar-refractivity contribution is 6.34. The van der Waals surface area contributed by atoms with E-state index < -0.39 is 23.4 Å². The zero-order valence-corrected chi connectivity index (χ0v) is 9.56. The summed E-state index contributed by atoms with van der Waals surface area (Å²) in [4.78, 5) is 24.9. The van der Waals surface area contributed by atoms with E-state index >= 15 is 0 Å². The Labute approximate surface area is 107 Å². The molecule has 5 heteroatoms. The molecule has 0 unspecified atom stereocenters. The number of rotatable bonds is 1. The van der Waals surface area contributed by atoms with Crippen LogP contribution in [0.15, 0.2) is 42.5 Å². The summed E-state index contributed by atoms with van der Waals surface area (Å²) in [5, 5.41) is 0. The van der Waals surface area contributed by atoms with Crippen LogP contribution in [0.4, 0.5) is 14.5 Å². The van der Waals surface area contributed by atoms with Crippen LogP contribution in [0.25, 0.3) is 0 Å². The van der Waals surface area contributed by atoms with E-state index in [0.29, 0.717) is 0 Å². The van der Waals surface area contributed by atoms with Gasteiger partial charge in [0.25, 0.3) is 11.8 Å². The Morgan fingerprint density at radius 2 is 1.53 bits per heavy atom. The van der Waals surface area contributed by atoms with E-state index in [4.69, 9.17) is 0 Å². The number of halogens is 2. The molecule has 0 N–H and O–H groups in total. The molecule has 94 valence electrons. The summed E-state index contributed by atoms with van der Waals surface area (Å²) in [5.41, 5.74) is -0.1000. The molecule has 2 amide bonds. The smallest absolute Gasteiger partial charge is 0.266 e. The van der Waals surface area contributed by atoms with E-state index in [-0.39, 0.29) is 16.8 Å². The van der Waals surface area contributed by atoms with Crippen LogP contribution in [-0.4, -0.2) is 11.8 Å². The minimum atomic E-state index is -0.718. The number of para-hydroxylation sites is 1. The van der Waals surface area contributed by atoms with E-state index in [0.717, 1.165) is 23.1 Å². The molecule has 3 rings (SSSR count). The van der Waals surface area contributed by atoms with Gasteiger partial charge in [0.1, 0.15) is 11.6 Å². The van der Waals surface area contributed by atoms with Crippen molar-refractivity contribution in [2.45, 2.75) is 0 Å². The van der Waals surface area contributed by atoms with Gasteiger partial charge in [0.2, 0.25) is 0 Å². The summed E-state index contributed by atoms with van der Waals surface area (Å²) in [6, 6.07) is 8.75. The molecule has 0 bridgehead atoms. The molecule has 0 aromatic heterocycles. The van der Waals surface area contributed by atoms with Crippen molar-refractivity contribution in [2.24, 2.45) is 0 Å². The number of anilines is 1. The lowest BCUT2D eigenvalue weighted by Crippen LogP contribution is -2.30. The third kappa shape index (κ3) is 1.62. The van der Waals surface area contributed by atoms with Gasteiger partial charge in [-0.25, -0.2) is 13.7 Å². The normalized spacial score (nSPS) is 13.9. The quantitative estimate of drug-likeness (QED) is 0.738. The van der Waals surface area contributed by atoms with Crippen molar-refractivity contribution in [2.75, 3.05) is 4.90 Å². The van der Waals surface area contributed by atoms with Gasteiger partial charge in [0, 0.05) is 0 Å². The lowest BCUT2D eigenvalue weighted by Gasteiger charge is -2.14. The maximum absolute atomic E-state index is 13.7. The van der Waals surface area contributed by atoms with Crippen molar-refractivity contribution < 1.29 is 18.4 Å². The van der Waals surface area contributed by atoms with Crippen molar-refractivity contribution in [3.63, 3.8) is 0 Å². The van der Waals surface area contributed by atoms with Gasteiger partial charge in [-0.15, -0.1) is 0 Å². The minimum Gasteiger partial charge on any atom is -0.268 e. The van der Waals surface area contributed by atoms with Crippen molar-refractivity contribution in [3.05, 3.63) is 65.2 Å². The summed E-state index contributed by atoms with van der Waals surface area (Å²) in [6.45, 7) is 0. The van der Waals surface area contributed by atoms with E-state index in [9.17, 15) is 18.4 Å². The number of nitrogens with zero attached hydrogens (tertiary/aromatic N) is 1. The topological polar surface area (TPSA) is 37.4 Å². The standard InChI is InChI=1S/C14H7F2NO2/c15-8-5-6-9-10(7-8)14(19)17(13(9)18)12-4-2-1-3-11(12)16/h1-7H. The molecule has 0 saturated carbocycles. The fourth-order valence-electron chi connectivity index (χ4n) is 2.06. The van der Waals surface area contributed by atoms with Gasteiger partial charge < -0.3 is 0 Å². The van der Waals surface area contributed by atoms with Gasteiger partial charge in [-0.05, 0) is 30.3 Å². The van der Waals surface area contributed by atoms with Gasteiger partial charge in [-0.1, -0.05) is 12.1 Å². The largest absolute Gasteiger partial charge is 0.268 e.